The van der Waals surface area contributed by atoms with Gasteiger partial charge in [-0.3, -0.25) is 0 Å². The zero-order chi connectivity index (χ0) is 7.40. The van der Waals surface area contributed by atoms with Crippen molar-refractivity contribution in [2.45, 2.75) is 18.2 Å². The van der Waals surface area contributed by atoms with Gasteiger partial charge in [0.05, 0.1) is 6.07 Å². The number of rotatable bonds is 1. The summed E-state index contributed by atoms with van der Waals surface area (Å²) < 4.78 is 5.13. The van der Waals surface area contributed by atoms with Crippen molar-refractivity contribution in [2.24, 2.45) is 5.92 Å². The molecule has 1 atom stereocenters. The van der Waals surface area contributed by atoms with Gasteiger partial charge < -0.3 is 4.74 Å². The molecule has 0 radical (unpaired) electrons. The molecule has 0 aromatic rings. The van der Waals surface area contributed by atoms with Crippen LogP contribution in [0.25, 0.3) is 0 Å². The summed E-state index contributed by atoms with van der Waals surface area (Å²) in [5.41, 5.74) is 0. The fraction of sp³-hybridized carbons (Fsp3) is 0.857. The second kappa shape index (κ2) is 3.80. The van der Waals surface area contributed by atoms with Crippen LogP contribution in [0, 0.1) is 17.2 Å². The Morgan fingerprint density at radius 2 is 2.10 bits per heavy atom. The molecular weight excluding hydrogens is 150 g/mol. The van der Waals surface area contributed by atoms with Crippen LogP contribution in [-0.2, 0) is 4.74 Å². The number of nitrogens with zero attached hydrogens (tertiary/aromatic N) is 1. The lowest BCUT2D eigenvalue weighted by atomic mass is 9.97. The summed E-state index contributed by atoms with van der Waals surface area (Å²) in [6, 6.07) is 2.04. The molecule has 1 fully saturated rings. The first kappa shape index (κ1) is 7.84. The van der Waals surface area contributed by atoms with Gasteiger partial charge in [0.15, 0.2) is 0 Å². The van der Waals surface area contributed by atoms with Crippen LogP contribution in [0.1, 0.15) is 12.8 Å². The molecule has 2 nitrogen and oxygen atoms in total. The van der Waals surface area contributed by atoms with Crippen LogP contribution in [0.2, 0.25) is 0 Å². The maximum absolute atomic E-state index is 8.46. The molecule has 1 rings (SSSR count). The Morgan fingerprint density at radius 3 is 2.60 bits per heavy atom. The molecule has 1 saturated heterocycles. The predicted octanol–water partition coefficient (Wildman–Crippen LogP) is 1.54. The van der Waals surface area contributed by atoms with Gasteiger partial charge in [-0.15, -0.1) is 11.6 Å². The average Bonchev–Trinajstić information content (AvgIpc) is 2.05. The van der Waals surface area contributed by atoms with Gasteiger partial charge in [-0.05, 0) is 18.8 Å². The van der Waals surface area contributed by atoms with Crippen LogP contribution in [0.5, 0.6) is 0 Å². The smallest absolute Gasteiger partial charge is 0.123 e. The molecule has 0 spiro atoms. The van der Waals surface area contributed by atoms with Crippen molar-refractivity contribution >= 4 is 11.6 Å². The second-order valence-electron chi connectivity index (χ2n) is 2.48. The molecule has 0 bridgehead atoms. The van der Waals surface area contributed by atoms with Gasteiger partial charge in [-0.25, -0.2) is 0 Å². The highest BCUT2D eigenvalue weighted by molar-refractivity contribution is 6.22. The monoisotopic (exact) mass is 159 g/mol. The number of hydrogen-bond acceptors (Lipinski definition) is 2. The second-order valence-corrected chi connectivity index (χ2v) is 2.95. The Labute approximate surface area is 65.7 Å². The van der Waals surface area contributed by atoms with Crippen LogP contribution in [0.3, 0.4) is 0 Å². The third kappa shape index (κ3) is 1.86. The third-order valence-electron chi connectivity index (χ3n) is 1.80. The first-order valence-electron chi connectivity index (χ1n) is 3.46. The Balaban J connectivity index is 2.33. The van der Waals surface area contributed by atoms with E-state index >= 15 is 0 Å². The van der Waals surface area contributed by atoms with Crippen LogP contribution in [0.4, 0.5) is 0 Å². The van der Waals surface area contributed by atoms with Gasteiger partial charge >= 0.3 is 0 Å². The third-order valence-corrected chi connectivity index (χ3v) is 2.26. The predicted molar refractivity (Wildman–Crippen MR) is 38.8 cm³/mol. The normalized spacial score (nSPS) is 23.6. The van der Waals surface area contributed by atoms with E-state index < -0.39 is 0 Å². The van der Waals surface area contributed by atoms with Crippen molar-refractivity contribution in [1.29, 1.82) is 5.26 Å². The van der Waals surface area contributed by atoms with E-state index in [1.165, 1.54) is 0 Å². The number of alkyl halides is 1. The highest BCUT2D eigenvalue weighted by atomic mass is 35.5. The summed E-state index contributed by atoms with van der Waals surface area (Å²) in [6.07, 6.45) is 1.86. The molecule has 1 aliphatic rings. The lowest BCUT2D eigenvalue weighted by Crippen LogP contribution is -2.22. The Morgan fingerprint density at radius 1 is 1.50 bits per heavy atom. The number of ether oxygens (including phenoxy) is 1. The summed E-state index contributed by atoms with van der Waals surface area (Å²) in [5.74, 6) is 0.348. The molecule has 10 heavy (non-hydrogen) atoms. The molecule has 0 amide bonds. The molecule has 0 saturated carbocycles. The fourth-order valence-corrected chi connectivity index (χ4v) is 1.37. The maximum atomic E-state index is 8.46. The highest BCUT2D eigenvalue weighted by Gasteiger charge is 2.21. The maximum Gasteiger partial charge on any atom is 0.123 e. The van der Waals surface area contributed by atoms with Crippen molar-refractivity contribution in [2.75, 3.05) is 13.2 Å². The Hall–Kier alpha value is -0.260. The van der Waals surface area contributed by atoms with E-state index in [2.05, 4.69) is 0 Å². The molecule has 0 N–H and O–H groups in total. The van der Waals surface area contributed by atoms with E-state index in [1.807, 2.05) is 6.07 Å². The Kier molecular flexibility index (Phi) is 2.98. The number of nitriles is 1. The van der Waals surface area contributed by atoms with Gasteiger partial charge in [0.2, 0.25) is 0 Å². The zero-order valence-electron chi connectivity index (χ0n) is 5.72. The topological polar surface area (TPSA) is 33.0 Å². The van der Waals surface area contributed by atoms with Crippen molar-refractivity contribution in [1.82, 2.24) is 0 Å². The van der Waals surface area contributed by atoms with E-state index in [1.54, 1.807) is 0 Å². The van der Waals surface area contributed by atoms with E-state index in [9.17, 15) is 0 Å². The largest absolute Gasteiger partial charge is 0.381 e. The summed E-state index contributed by atoms with van der Waals surface area (Å²) in [5, 5.41) is 8.15. The van der Waals surface area contributed by atoms with Crippen molar-refractivity contribution in [3.8, 4) is 6.07 Å². The van der Waals surface area contributed by atoms with Gasteiger partial charge in [0, 0.05) is 13.2 Å². The first-order chi connectivity index (χ1) is 4.84. The SMILES string of the molecule is N#CC(Cl)C1CCOCC1. The molecule has 1 aliphatic heterocycles. The quantitative estimate of drug-likeness (QED) is 0.544. The van der Waals surface area contributed by atoms with E-state index in [0.29, 0.717) is 5.92 Å². The van der Waals surface area contributed by atoms with Crippen LogP contribution < -0.4 is 0 Å². The van der Waals surface area contributed by atoms with Gasteiger partial charge in [-0.2, -0.15) is 5.26 Å². The summed E-state index contributed by atoms with van der Waals surface area (Å²) in [7, 11) is 0. The fourth-order valence-electron chi connectivity index (χ4n) is 1.11. The minimum atomic E-state index is -0.316. The van der Waals surface area contributed by atoms with Crippen molar-refractivity contribution < 1.29 is 4.74 Å². The highest BCUT2D eigenvalue weighted by Crippen LogP contribution is 2.21. The standard InChI is InChI=1S/C7H10ClNO/c8-7(5-9)6-1-3-10-4-2-6/h6-7H,1-4H2. The minimum Gasteiger partial charge on any atom is -0.381 e. The molecule has 1 unspecified atom stereocenters. The van der Waals surface area contributed by atoms with E-state index in [-0.39, 0.29) is 5.38 Å². The van der Waals surface area contributed by atoms with Crippen LogP contribution in [-0.4, -0.2) is 18.6 Å². The summed E-state index contributed by atoms with van der Waals surface area (Å²) in [4.78, 5) is 0. The van der Waals surface area contributed by atoms with Gasteiger partial charge in [0.1, 0.15) is 5.38 Å². The van der Waals surface area contributed by atoms with Crippen LogP contribution >= 0.6 is 11.6 Å². The molecule has 0 aromatic heterocycles. The van der Waals surface area contributed by atoms with Gasteiger partial charge in [0.25, 0.3) is 0 Å². The first-order valence-corrected chi connectivity index (χ1v) is 3.89. The average molecular weight is 160 g/mol. The lowest BCUT2D eigenvalue weighted by molar-refractivity contribution is 0.0686. The number of hydrogen-bond donors (Lipinski definition) is 0. The van der Waals surface area contributed by atoms with Gasteiger partial charge in [-0.1, -0.05) is 0 Å². The van der Waals surface area contributed by atoms with Crippen molar-refractivity contribution in [3.63, 3.8) is 0 Å². The molecule has 56 valence electrons. The van der Waals surface area contributed by atoms with Crippen LogP contribution in [0.15, 0.2) is 0 Å². The molecule has 0 aliphatic carbocycles. The molecule has 3 heteroatoms. The van der Waals surface area contributed by atoms with Crippen molar-refractivity contribution in [3.05, 3.63) is 0 Å². The zero-order valence-corrected chi connectivity index (χ0v) is 6.47. The lowest BCUT2D eigenvalue weighted by Gasteiger charge is -2.22. The summed E-state index contributed by atoms with van der Waals surface area (Å²) in [6.45, 7) is 1.52. The van der Waals surface area contributed by atoms with E-state index in [4.69, 9.17) is 21.6 Å². The number of halogens is 1. The minimum absolute atomic E-state index is 0.316. The molecule has 1 heterocycles. The summed E-state index contributed by atoms with van der Waals surface area (Å²) >= 11 is 5.73. The molecular formula is C7H10ClNO. The molecule has 0 aromatic carbocycles. The van der Waals surface area contributed by atoms with E-state index in [0.717, 1.165) is 26.1 Å². The Bertz CT molecular complexity index is 137.